The second kappa shape index (κ2) is 5.69. The number of hydrogen-bond acceptors (Lipinski definition) is 4. The summed E-state index contributed by atoms with van der Waals surface area (Å²) in [6.45, 7) is 1.09. The molecule has 5 heteroatoms. The maximum Gasteiger partial charge on any atom is 0.171 e. The molecule has 2 aliphatic rings. The Morgan fingerprint density at radius 2 is 2.05 bits per heavy atom. The number of anilines is 1. The molecule has 0 spiro atoms. The zero-order valence-corrected chi connectivity index (χ0v) is 11.7. The molecule has 1 unspecified atom stereocenters. The van der Waals surface area contributed by atoms with Crippen LogP contribution >= 0.6 is 0 Å². The smallest absolute Gasteiger partial charge is 0.171 e. The molecule has 1 aliphatic heterocycles. The van der Waals surface area contributed by atoms with Gasteiger partial charge in [0, 0.05) is 24.3 Å². The lowest BCUT2D eigenvalue weighted by Gasteiger charge is -2.30. The van der Waals surface area contributed by atoms with Crippen molar-refractivity contribution in [3.05, 3.63) is 23.9 Å². The highest BCUT2D eigenvalue weighted by molar-refractivity contribution is 5.96. The molecule has 1 aromatic heterocycles. The van der Waals surface area contributed by atoms with Gasteiger partial charge in [0.05, 0.1) is 0 Å². The van der Waals surface area contributed by atoms with Crippen LogP contribution in [0.1, 0.15) is 44.1 Å². The normalized spacial score (nSPS) is 24.5. The van der Waals surface area contributed by atoms with Crippen LogP contribution in [0.25, 0.3) is 0 Å². The molecule has 3 N–H and O–H groups in total. The lowest BCUT2D eigenvalue weighted by Crippen LogP contribution is -2.35. The van der Waals surface area contributed by atoms with Gasteiger partial charge in [0.15, 0.2) is 5.84 Å². The molecular weight excluding hydrogens is 252 g/mol. The van der Waals surface area contributed by atoms with E-state index in [-0.39, 0.29) is 5.84 Å². The quantitative estimate of drug-likeness (QED) is 0.384. The van der Waals surface area contributed by atoms with E-state index in [0.717, 1.165) is 18.3 Å². The first-order valence-corrected chi connectivity index (χ1v) is 7.50. The Kier molecular flexibility index (Phi) is 3.76. The number of hydrogen-bond donors (Lipinski definition) is 2. The van der Waals surface area contributed by atoms with Gasteiger partial charge in [-0.05, 0) is 43.7 Å². The van der Waals surface area contributed by atoms with Crippen LogP contribution in [0.2, 0.25) is 0 Å². The van der Waals surface area contributed by atoms with Crippen molar-refractivity contribution in [2.24, 2.45) is 16.8 Å². The van der Waals surface area contributed by atoms with E-state index in [4.69, 9.17) is 10.9 Å². The summed E-state index contributed by atoms with van der Waals surface area (Å²) >= 11 is 0. The number of amidine groups is 1. The average molecular weight is 274 g/mol. The highest BCUT2D eigenvalue weighted by atomic mass is 16.4. The van der Waals surface area contributed by atoms with Crippen LogP contribution in [0.4, 0.5) is 5.82 Å². The number of nitrogens with two attached hydrogens (primary N) is 1. The number of aromatic nitrogens is 1. The number of pyridine rings is 1. The summed E-state index contributed by atoms with van der Waals surface area (Å²) in [5.74, 6) is 1.97. The van der Waals surface area contributed by atoms with Crippen molar-refractivity contribution in [2.45, 2.75) is 44.6 Å². The minimum atomic E-state index is 0.109. The Morgan fingerprint density at radius 1 is 1.25 bits per heavy atom. The van der Waals surface area contributed by atoms with Crippen molar-refractivity contribution in [1.82, 2.24) is 4.98 Å². The third-order valence-electron chi connectivity index (χ3n) is 4.69. The molecule has 1 aliphatic carbocycles. The van der Waals surface area contributed by atoms with Gasteiger partial charge >= 0.3 is 0 Å². The summed E-state index contributed by atoms with van der Waals surface area (Å²) in [6.07, 6.45) is 9.72. The van der Waals surface area contributed by atoms with E-state index in [1.165, 1.54) is 38.5 Å². The van der Waals surface area contributed by atoms with Crippen LogP contribution in [0.3, 0.4) is 0 Å². The highest BCUT2D eigenvalue weighted by Gasteiger charge is 2.33. The Hall–Kier alpha value is -1.78. The first-order chi connectivity index (χ1) is 9.79. The molecule has 2 heterocycles. The van der Waals surface area contributed by atoms with Crippen molar-refractivity contribution in [1.29, 1.82) is 0 Å². The van der Waals surface area contributed by atoms with Crippen LogP contribution in [-0.2, 0) is 0 Å². The fourth-order valence-corrected chi connectivity index (χ4v) is 3.67. The average Bonchev–Trinajstić information content (AvgIpc) is 3.16. The van der Waals surface area contributed by atoms with E-state index < -0.39 is 0 Å². The van der Waals surface area contributed by atoms with E-state index in [1.807, 2.05) is 12.1 Å². The van der Waals surface area contributed by atoms with Gasteiger partial charge in [0.1, 0.15) is 5.82 Å². The van der Waals surface area contributed by atoms with Gasteiger partial charge in [0.25, 0.3) is 0 Å². The maximum atomic E-state index is 8.68. The second-order valence-corrected chi connectivity index (χ2v) is 5.84. The van der Waals surface area contributed by atoms with Crippen molar-refractivity contribution in [3.8, 4) is 0 Å². The third kappa shape index (κ3) is 2.44. The molecular formula is C15H22N4O. The van der Waals surface area contributed by atoms with Crippen LogP contribution in [0.5, 0.6) is 0 Å². The van der Waals surface area contributed by atoms with Crippen molar-refractivity contribution < 1.29 is 5.21 Å². The van der Waals surface area contributed by atoms with E-state index in [1.54, 1.807) is 6.20 Å². The molecule has 20 heavy (non-hydrogen) atoms. The van der Waals surface area contributed by atoms with Gasteiger partial charge in [-0.25, -0.2) is 4.98 Å². The molecule has 1 saturated heterocycles. The number of oxime groups is 1. The molecule has 0 bridgehead atoms. The van der Waals surface area contributed by atoms with Crippen LogP contribution in [0.15, 0.2) is 23.5 Å². The van der Waals surface area contributed by atoms with Gasteiger partial charge < -0.3 is 15.8 Å². The maximum absolute atomic E-state index is 8.68. The molecule has 0 amide bonds. The first kappa shape index (κ1) is 13.2. The third-order valence-corrected chi connectivity index (χ3v) is 4.69. The molecule has 0 radical (unpaired) electrons. The highest BCUT2D eigenvalue weighted by Crippen LogP contribution is 2.37. The minimum absolute atomic E-state index is 0.109. The van der Waals surface area contributed by atoms with E-state index in [2.05, 4.69) is 15.0 Å². The van der Waals surface area contributed by atoms with Crippen LogP contribution < -0.4 is 10.6 Å². The molecule has 1 saturated carbocycles. The summed E-state index contributed by atoms with van der Waals surface area (Å²) in [4.78, 5) is 6.96. The zero-order chi connectivity index (χ0) is 13.9. The molecule has 1 aromatic rings. The number of nitrogens with zero attached hydrogens (tertiary/aromatic N) is 3. The second-order valence-electron chi connectivity index (χ2n) is 5.84. The Labute approximate surface area is 119 Å². The lowest BCUT2D eigenvalue weighted by atomic mass is 9.96. The Balaban J connectivity index is 1.77. The first-order valence-electron chi connectivity index (χ1n) is 7.50. The standard InChI is InChI=1S/C15H22N4O/c16-15(18-20)12-7-8-14(17-10-12)19-9-3-6-13(19)11-4-1-2-5-11/h7-8,10-11,13,20H,1-6,9H2,(H2,16,18). The fraction of sp³-hybridized carbons (Fsp3) is 0.600. The molecule has 1 atom stereocenters. The summed E-state index contributed by atoms with van der Waals surface area (Å²) < 4.78 is 0. The SMILES string of the molecule is NC(=NO)c1ccc(N2CCCC2C2CCCC2)nc1. The van der Waals surface area contributed by atoms with Crippen LogP contribution in [-0.4, -0.2) is 28.6 Å². The topological polar surface area (TPSA) is 74.7 Å². The van der Waals surface area contributed by atoms with Gasteiger partial charge in [-0.15, -0.1) is 0 Å². The van der Waals surface area contributed by atoms with E-state index >= 15 is 0 Å². The molecule has 0 aromatic carbocycles. The molecule has 3 rings (SSSR count). The van der Waals surface area contributed by atoms with Gasteiger partial charge in [-0.1, -0.05) is 18.0 Å². The van der Waals surface area contributed by atoms with Crippen LogP contribution in [0, 0.1) is 5.92 Å². The van der Waals surface area contributed by atoms with Gasteiger partial charge in [0.2, 0.25) is 0 Å². The Bertz CT molecular complexity index is 479. The Morgan fingerprint density at radius 3 is 2.70 bits per heavy atom. The summed E-state index contributed by atoms with van der Waals surface area (Å²) in [7, 11) is 0. The zero-order valence-electron chi connectivity index (χ0n) is 11.7. The minimum Gasteiger partial charge on any atom is -0.409 e. The van der Waals surface area contributed by atoms with Crippen molar-refractivity contribution in [2.75, 3.05) is 11.4 Å². The predicted octanol–water partition coefficient (Wildman–Crippen LogP) is 2.34. The van der Waals surface area contributed by atoms with Crippen molar-refractivity contribution >= 4 is 11.7 Å². The summed E-state index contributed by atoms with van der Waals surface area (Å²) in [5.41, 5.74) is 6.23. The summed E-state index contributed by atoms with van der Waals surface area (Å²) in [5, 5.41) is 11.7. The van der Waals surface area contributed by atoms with Crippen molar-refractivity contribution in [3.63, 3.8) is 0 Å². The molecule has 108 valence electrons. The number of rotatable bonds is 3. The summed E-state index contributed by atoms with van der Waals surface area (Å²) in [6, 6.07) is 4.52. The molecule has 5 nitrogen and oxygen atoms in total. The van der Waals surface area contributed by atoms with E-state index in [9.17, 15) is 0 Å². The largest absolute Gasteiger partial charge is 0.409 e. The predicted molar refractivity (Wildman–Crippen MR) is 79.1 cm³/mol. The fourth-order valence-electron chi connectivity index (χ4n) is 3.67. The molecule has 2 fully saturated rings. The van der Waals surface area contributed by atoms with Gasteiger partial charge in [-0.2, -0.15) is 0 Å². The monoisotopic (exact) mass is 274 g/mol. The lowest BCUT2D eigenvalue weighted by molar-refractivity contribution is 0.318. The van der Waals surface area contributed by atoms with E-state index in [0.29, 0.717) is 11.6 Å². The van der Waals surface area contributed by atoms with Gasteiger partial charge in [-0.3, -0.25) is 0 Å².